The summed E-state index contributed by atoms with van der Waals surface area (Å²) in [7, 11) is 0. The minimum Gasteiger partial charge on any atom is -0.368 e. The van der Waals surface area contributed by atoms with Crippen molar-refractivity contribution in [3.05, 3.63) is 36.0 Å². The van der Waals surface area contributed by atoms with Gasteiger partial charge < -0.3 is 21.8 Å². The third-order valence-corrected chi connectivity index (χ3v) is 3.24. The molecule has 0 bridgehead atoms. The number of hydrogen-bond acceptors (Lipinski definition) is 3. The summed E-state index contributed by atoms with van der Waals surface area (Å²) < 4.78 is 0. The summed E-state index contributed by atoms with van der Waals surface area (Å²) in [5.74, 6) is -0.973. The monoisotopic (exact) mass is 274 g/mol. The summed E-state index contributed by atoms with van der Waals surface area (Å²) in [4.78, 5) is 25.9. The lowest BCUT2D eigenvalue weighted by Crippen LogP contribution is -2.49. The molecule has 6 N–H and O–H groups in total. The van der Waals surface area contributed by atoms with Crippen molar-refractivity contribution in [2.75, 3.05) is 0 Å². The average Bonchev–Trinajstić information content (AvgIpc) is 2.82. The van der Waals surface area contributed by atoms with Crippen LogP contribution in [0.25, 0.3) is 10.9 Å². The van der Waals surface area contributed by atoms with Crippen LogP contribution < -0.4 is 16.8 Å². The number of nitrogens with one attached hydrogen (secondary N) is 2. The number of nitrogens with two attached hydrogens (primary N) is 2. The van der Waals surface area contributed by atoms with Crippen LogP contribution in [0.2, 0.25) is 0 Å². The number of rotatable bonds is 5. The third kappa shape index (κ3) is 2.97. The molecule has 0 saturated carbocycles. The van der Waals surface area contributed by atoms with Gasteiger partial charge in [-0.2, -0.15) is 0 Å². The second kappa shape index (κ2) is 5.75. The van der Waals surface area contributed by atoms with Crippen LogP contribution in [0.15, 0.2) is 30.5 Å². The van der Waals surface area contributed by atoms with Crippen molar-refractivity contribution in [2.45, 2.75) is 25.4 Å². The minimum absolute atomic E-state index is 0.387. The molecule has 0 radical (unpaired) electrons. The highest BCUT2D eigenvalue weighted by molar-refractivity contribution is 5.89. The Kier molecular flexibility index (Phi) is 4.05. The van der Waals surface area contributed by atoms with Gasteiger partial charge in [0.2, 0.25) is 11.8 Å². The SMILES string of the molecule is CC(NC(=O)[C@@H](N)Cc1c[nH]c2ccccc12)C(N)=O. The Morgan fingerprint density at radius 2 is 2.05 bits per heavy atom. The molecule has 1 heterocycles. The third-order valence-electron chi connectivity index (χ3n) is 3.24. The Balaban J connectivity index is 2.06. The van der Waals surface area contributed by atoms with Crippen molar-refractivity contribution >= 4 is 22.7 Å². The number of para-hydroxylation sites is 1. The molecule has 6 heteroatoms. The first-order valence-electron chi connectivity index (χ1n) is 6.39. The van der Waals surface area contributed by atoms with Crippen LogP contribution in [0.1, 0.15) is 12.5 Å². The molecule has 1 aromatic carbocycles. The molecule has 2 aromatic rings. The van der Waals surface area contributed by atoms with E-state index >= 15 is 0 Å². The van der Waals surface area contributed by atoms with Gasteiger partial charge in [0, 0.05) is 17.1 Å². The topological polar surface area (TPSA) is 114 Å². The largest absolute Gasteiger partial charge is 0.368 e. The van der Waals surface area contributed by atoms with Crippen molar-refractivity contribution in [2.24, 2.45) is 11.5 Å². The summed E-state index contributed by atoms with van der Waals surface area (Å²) in [5.41, 5.74) is 12.9. The zero-order chi connectivity index (χ0) is 14.7. The van der Waals surface area contributed by atoms with Gasteiger partial charge in [0.1, 0.15) is 6.04 Å². The van der Waals surface area contributed by atoms with E-state index in [2.05, 4.69) is 10.3 Å². The Morgan fingerprint density at radius 1 is 1.35 bits per heavy atom. The zero-order valence-corrected chi connectivity index (χ0v) is 11.2. The highest BCUT2D eigenvalue weighted by Gasteiger charge is 2.19. The van der Waals surface area contributed by atoms with Crippen LogP contribution in [0.4, 0.5) is 0 Å². The summed E-state index contributed by atoms with van der Waals surface area (Å²) in [6.07, 6.45) is 2.23. The first kappa shape index (κ1) is 14.1. The molecule has 6 nitrogen and oxygen atoms in total. The van der Waals surface area contributed by atoms with Gasteiger partial charge in [-0.05, 0) is 25.0 Å². The molecular weight excluding hydrogens is 256 g/mol. The standard InChI is InChI=1S/C14H18N4O2/c1-8(13(16)19)18-14(20)11(15)6-9-7-17-12-5-3-2-4-10(9)12/h2-5,7-8,11,17H,6,15H2,1H3,(H2,16,19)(H,18,20)/t8?,11-/m0/s1. The predicted molar refractivity (Wildman–Crippen MR) is 76.8 cm³/mol. The minimum atomic E-state index is -0.726. The van der Waals surface area contributed by atoms with E-state index in [-0.39, 0.29) is 5.91 Å². The van der Waals surface area contributed by atoms with Gasteiger partial charge in [0.15, 0.2) is 0 Å². The number of hydrogen-bond donors (Lipinski definition) is 4. The lowest BCUT2D eigenvalue weighted by Gasteiger charge is -2.15. The molecule has 1 aromatic heterocycles. The maximum absolute atomic E-state index is 11.9. The van der Waals surface area contributed by atoms with E-state index in [0.29, 0.717) is 6.42 Å². The number of carbonyl (C=O) groups is 2. The predicted octanol–water partition coefficient (Wildman–Crippen LogP) is 0.0277. The molecule has 0 aliphatic rings. The summed E-state index contributed by atoms with van der Waals surface area (Å²) >= 11 is 0. The number of H-pyrrole nitrogens is 1. The molecule has 0 aliphatic heterocycles. The number of fused-ring (bicyclic) bond motifs is 1. The lowest BCUT2D eigenvalue weighted by molar-refractivity contribution is -0.127. The molecule has 0 saturated heterocycles. The highest BCUT2D eigenvalue weighted by atomic mass is 16.2. The van der Waals surface area contributed by atoms with Crippen LogP contribution >= 0.6 is 0 Å². The summed E-state index contributed by atoms with van der Waals surface area (Å²) in [6.45, 7) is 1.53. The molecule has 2 rings (SSSR count). The quantitative estimate of drug-likeness (QED) is 0.616. The maximum atomic E-state index is 11.9. The van der Waals surface area contributed by atoms with Gasteiger partial charge in [-0.15, -0.1) is 0 Å². The number of aromatic nitrogens is 1. The van der Waals surface area contributed by atoms with Crippen molar-refractivity contribution in [3.8, 4) is 0 Å². The Labute approximate surface area is 116 Å². The van der Waals surface area contributed by atoms with Crippen LogP contribution in [0.5, 0.6) is 0 Å². The first-order chi connectivity index (χ1) is 9.49. The molecule has 1 unspecified atom stereocenters. The molecular formula is C14H18N4O2. The Bertz CT molecular complexity index is 635. The van der Waals surface area contributed by atoms with Crippen molar-refractivity contribution < 1.29 is 9.59 Å². The Morgan fingerprint density at radius 3 is 2.75 bits per heavy atom. The van der Waals surface area contributed by atoms with Crippen molar-refractivity contribution in [1.29, 1.82) is 0 Å². The molecule has 20 heavy (non-hydrogen) atoms. The second-order valence-electron chi connectivity index (χ2n) is 4.80. The second-order valence-corrected chi connectivity index (χ2v) is 4.80. The van der Waals surface area contributed by atoms with E-state index in [4.69, 9.17) is 11.5 Å². The lowest BCUT2D eigenvalue weighted by atomic mass is 10.0. The van der Waals surface area contributed by atoms with E-state index in [1.54, 1.807) is 0 Å². The molecule has 0 spiro atoms. The number of benzene rings is 1. The normalized spacial score (nSPS) is 13.9. The smallest absolute Gasteiger partial charge is 0.239 e. The molecule has 0 fully saturated rings. The summed E-state index contributed by atoms with van der Waals surface area (Å²) in [5, 5.41) is 3.53. The van der Waals surface area contributed by atoms with E-state index in [9.17, 15) is 9.59 Å². The van der Waals surface area contributed by atoms with Gasteiger partial charge in [-0.1, -0.05) is 18.2 Å². The van der Waals surface area contributed by atoms with Gasteiger partial charge in [0.05, 0.1) is 6.04 Å². The van der Waals surface area contributed by atoms with Crippen LogP contribution in [0, 0.1) is 0 Å². The molecule has 2 amide bonds. The van der Waals surface area contributed by atoms with Crippen molar-refractivity contribution in [1.82, 2.24) is 10.3 Å². The first-order valence-corrected chi connectivity index (χ1v) is 6.39. The number of carbonyl (C=O) groups excluding carboxylic acids is 2. The fourth-order valence-corrected chi connectivity index (χ4v) is 2.02. The van der Waals surface area contributed by atoms with Gasteiger partial charge >= 0.3 is 0 Å². The maximum Gasteiger partial charge on any atom is 0.239 e. The number of aromatic amines is 1. The van der Waals surface area contributed by atoms with E-state index in [1.807, 2.05) is 30.5 Å². The Hall–Kier alpha value is -2.34. The zero-order valence-electron chi connectivity index (χ0n) is 11.2. The average molecular weight is 274 g/mol. The fourth-order valence-electron chi connectivity index (χ4n) is 2.02. The molecule has 106 valence electrons. The van der Waals surface area contributed by atoms with Crippen LogP contribution in [0.3, 0.4) is 0 Å². The molecule has 0 aliphatic carbocycles. The van der Waals surface area contributed by atoms with E-state index in [1.165, 1.54) is 6.92 Å². The van der Waals surface area contributed by atoms with Crippen LogP contribution in [-0.4, -0.2) is 28.9 Å². The molecule has 2 atom stereocenters. The van der Waals surface area contributed by atoms with Crippen LogP contribution in [-0.2, 0) is 16.0 Å². The van der Waals surface area contributed by atoms with E-state index < -0.39 is 18.0 Å². The van der Waals surface area contributed by atoms with Gasteiger partial charge in [-0.3, -0.25) is 9.59 Å². The number of amides is 2. The van der Waals surface area contributed by atoms with Gasteiger partial charge in [-0.25, -0.2) is 0 Å². The summed E-state index contributed by atoms with van der Waals surface area (Å²) in [6, 6.07) is 6.34. The van der Waals surface area contributed by atoms with Crippen molar-refractivity contribution in [3.63, 3.8) is 0 Å². The van der Waals surface area contributed by atoms with E-state index in [0.717, 1.165) is 16.5 Å². The van der Waals surface area contributed by atoms with Gasteiger partial charge in [0.25, 0.3) is 0 Å². The highest BCUT2D eigenvalue weighted by Crippen LogP contribution is 2.18. The fraction of sp³-hybridized carbons (Fsp3) is 0.286. The number of primary amides is 1.